The maximum absolute atomic E-state index is 10.5. The van der Waals surface area contributed by atoms with Crippen LogP contribution in [0.25, 0.3) is 10.9 Å². The molecule has 0 aliphatic heterocycles. The van der Waals surface area contributed by atoms with Gasteiger partial charge in [0.05, 0.1) is 5.52 Å². The lowest BCUT2D eigenvalue weighted by Crippen LogP contribution is -1.80. The second-order valence-electron chi connectivity index (χ2n) is 3.11. The molecule has 1 aromatic carbocycles. The van der Waals surface area contributed by atoms with Crippen molar-refractivity contribution < 1.29 is 5.11 Å². The first-order valence-electron chi connectivity index (χ1n) is 4.43. The lowest BCUT2D eigenvalue weighted by Gasteiger charge is -1.97. The number of nitroso groups, excluding NO2 is 1. The predicted molar refractivity (Wildman–Crippen MR) is 54.8 cm³/mol. The van der Waals surface area contributed by atoms with Gasteiger partial charge in [-0.15, -0.1) is 4.91 Å². The molecule has 0 fully saturated rings. The number of fused-ring (bicyclic) bond motifs is 1. The van der Waals surface area contributed by atoms with E-state index in [2.05, 4.69) is 10.2 Å². The average molecular weight is 190 g/mol. The van der Waals surface area contributed by atoms with Crippen LogP contribution in [0, 0.1) is 4.91 Å². The molecule has 72 valence electrons. The minimum atomic E-state index is -0.157. The summed E-state index contributed by atoms with van der Waals surface area (Å²) in [4.78, 5) is 13.2. The van der Waals surface area contributed by atoms with E-state index >= 15 is 0 Å². The Hall–Kier alpha value is -1.84. The highest BCUT2D eigenvalue weighted by atomic mass is 16.3. The van der Waals surface area contributed by atoms with Crippen LogP contribution in [0.4, 0.5) is 5.69 Å². The molecule has 0 spiro atoms. The Kier molecular flexibility index (Phi) is 1.96. The number of hydrogen-bond acceptors (Lipinski definition) is 3. The SMILES string of the molecule is CCc1cccc2c(N=O)c(O)[nH]c12. The van der Waals surface area contributed by atoms with Crippen LogP contribution in [0.1, 0.15) is 12.5 Å². The van der Waals surface area contributed by atoms with E-state index in [-0.39, 0.29) is 11.6 Å². The topological polar surface area (TPSA) is 65.4 Å². The fourth-order valence-corrected chi connectivity index (χ4v) is 1.64. The van der Waals surface area contributed by atoms with E-state index in [4.69, 9.17) is 0 Å². The number of nitrogens with zero attached hydrogens (tertiary/aromatic N) is 1. The van der Waals surface area contributed by atoms with E-state index in [1.165, 1.54) is 0 Å². The molecule has 2 aromatic rings. The van der Waals surface area contributed by atoms with Crippen LogP contribution >= 0.6 is 0 Å². The number of hydrogen-bond donors (Lipinski definition) is 2. The summed E-state index contributed by atoms with van der Waals surface area (Å²) in [6.07, 6.45) is 0.843. The molecule has 0 atom stereocenters. The number of aromatic amines is 1. The maximum Gasteiger partial charge on any atom is 0.219 e. The number of H-pyrrole nitrogens is 1. The first kappa shape index (κ1) is 8.74. The van der Waals surface area contributed by atoms with Crippen molar-refractivity contribution in [3.63, 3.8) is 0 Å². The van der Waals surface area contributed by atoms with Crippen molar-refractivity contribution in [2.45, 2.75) is 13.3 Å². The number of rotatable bonds is 2. The molecule has 4 nitrogen and oxygen atoms in total. The summed E-state index contributed by atoms with van der Waals surface area (Å²) in [6, 6.07) is 5.57. The molecular formula is C10H10N2O2. The highest BCUT2D eigenvalue weighted by Crippen LogP contribution is 2.36. The fourth-order valence-electron chi connectivity index (χ4n) is 1.64. The molecule has 0 aliphatic rings. The molecule has 2 rings (SSSR count). The summed E-state index contributed by atoms with van der Waals surface area (Å²) >= 11 is 0. The van der Waals surface area contributed by atoms with Crippen LogP contribution in [-0.4, -0.2) is 10.1 Å². The van der Waals surface area contributed by atoms with Gasteiger partial charge in [0.1, 0.15) is 0 Å². The number of aromatic nitrogens is 1. The molecule has 4 heteroatoms. The molecular weight excluding hydrogens is 180 g/mol. The summed E-state index contributed by atoms with van der Waals surface area (Å²) in [6.45, 7) is 2.01. The standard InChI is InChI=1S/C10H10N2O2/c1-2-6-4-3-5-7-8(6)11-10(13)9(7)12-14/h3-5,11,13H,2H2,1H3. The Balaban J connectivity index is 2.85. The van der Waals surface area contributed by atoms with Crippen molar-refractivity contribution in [3.8, 4) is 5.88 Å². The highest BCUT2D eigenvalue weighted by molar-refractivity contribution is 5.96. The second-order valence-corrected chi connectivity index (χ2v) is 3.11. The van der Waals surface area contributed by atoms with E-state index in [1.54, 1.807) is 6.07 Å². The number of para-hydroxylation sites is 1. The molecule has 14 heavy (non-hydrogen) atoms. The normalized spacial score (nSPS) is 10.6. The Morgan fingerprint density at radius 1 is 1.50 bits per heavy atom. The number of aromatic hydroxyl groups is 1. The van der Waals surface area contributed by atoms with Gasteiger partial charge >= 0.3 is 0 Å². The van der Waals surface area contributed by atoms with Gasteiger partial charge in [0.2, 0.25) is 5.88 Å². The summed E-state index contributed by atoms with van der Waals surface area (Å²) in [5.41, 5.74) is 1.95. The third kappa shape index (κ3) is 1.08. The quantitative estimate of drug-likeness (QED) is 0.715. The van der Waals surface area contributed by atoms with E-state index in [9.17, 15) is 10.0 Å². The smallest absolute Gasteiger partial charge is 0.219 e. The fraction of sp³-hybridized carbons (Fsp3) is 0.200. The predicted octanol–water partition coefficient (Wildman–Crippen LogP) is 2.83. The van der Waals surface area contributed by atoms with Crippen LogP contribution in [0.3, 0.4) is 0 Å². The highest BCUT2D eigenvalue weighted by Gasteiger charge is 2.12. The molecule has 1 heterocycles. The molecule has 0 unspecified atom stereocenters. The Morgan fingerprint density at radius 3 is 2.93 bits per heavy atom. The summed E-state index contributed by atoms with van der Waals surface area (Å²) in [5.74, 6) is -0.157. The van der Waals surface area contributed by atoms with Crippen LogP contribution < -0.4 is 0 Å². The molecule has 0 amide bonds. The largest absolute Gasteiger partial charge is 0.493 e. The van der Waals surface area contributed by atoms with Crippen molar-refractivity contribution in [1.82, 2.24) is 4.98 Å². The molecule has 0 saturated carbocycles. The Bertz CT molecular complexity index is 488. The first-order chi connectivity index (χ1) is 6.77. The average Bonchev–Trinajstić information content (AvgIpc) is 2.52. The summed E-state index contributed by atoms with van der Waals surface area (Å²) in [7, 11) is 0. The van der Waals surface area contributed by atoms with Crippen LogP contribution in [0.2, 0.25) is 0 Å². The van der Waals surface area contributed by atoms with Crippen LogP contribution in [0.15, 0.2) is 23.4 Å². The number of benzene rings is 1. The van der Waals surface area contributed by atoms with Gasteiger partial charge in [-0.3, -0.25) is 0 Å². The minimum Gasteiger partial charge on any atom is -0.493 e. The Morgan fingerprint density at radius 2 is 2.29 bits per heavy atom. The molecule has 0 radical (unpaired) electrons. The number of aryl methyl sites for hydroxylation is 1. The first-order valence-corrected chi connectivity index (χ1v) is 4.43. The van der Waals surface area contributed by atoms with Crippen molar-refractivity contribution in [3.05, 3.63) is 28.7 Å². The zero-order valence-electron chi connectivity index (χ0n) is 7.74. The van der Waals surface area contributed by atoms with E-state index in [1.807, 2.05) is 19.1 Å². The van der Waals surface area contributed by atoms with Gasteiger partial charge in [0.25, 0.3) is 0 Å². The van der Waals surface area contributed by atoms with E-state index in [0.717, 1.165) is 17.5 Å². The van der Waals surface area contributed by atoms with Crippen molar-refractivity contribution in [2.24, 2.45) is 5.18 Å². The molecule has 0 bridgehead atoms. The maximum atomic E-state index is 10.5. The molecule has 1 aromatic heterocycles. The van der Waals surface area contributed by atoms with Crippen molar-refractivity contribution in [2.75, 3.05) is 0 Å². The van der Waals surface area contributed by atoms with Crippen molar-refractivity contribution in [1.29, 1.82) is 0 Å². The van der Waals surface area contributed by atoms with E-state index in [0.29, 0.717) is 5.39 Å². The van der Waals surface area contributed by atoms with Crippen LogP contribution in [-0.2, 0) is 6.42 Å². The molecule has 0 saturated heterocycles. The second kappa shape index (κ2) is 3.14. The zero-order valence-corrected chi connectivity index (χ0v) is 7.74. The van der Waals surface area contributed by atoms with Crippen molar-refractivity contribution >= 4 is 16.6 Å². The molecule has 2 N–H and O–H groups in total. The molecule has 0 aliphatic carbocycles. The van der Waals surface area contributed by atoms with E-state index < -0.39 is 0 Å². The van der Waals surface area contributed by atoms with Gasteiger partial charge in [-0.25, -0.2) is 0 Å². The third-order valence-electron chi connectivity index (χ3n) is 2.35. The van der Waals surface area contributed by atoms with Gasteiger partial charge < -0.3 is 10.1 Å². The van der Waals surface area contributed by atoms with Gasteiger partial charge in [-0.05, 0) is 17.2 Å². The van der Waals surface area contributed by atoms with Crippen LogP contribution in [0.5, 0.6) is 5.88 Å². The van der Waals surface area contributed by atoms with Gasteiger partial charge in [-0.2, -0.15) is 0 Å². The lowest BCUT2D eigenvalue weighted by atomic mass is 10.1. The van der Waals surface area contributed by atoms with Gasteiger partial charge in [0, 0.05) is 5.39 Å². The summed E-state index contributed by atoms with van der Waals surface area (Å²) < 4.78 is 0. The monoisotopic (exact) mass is 190 g/mol. The Labute approximate surface area is 80.5 Å². The summed E-state index contributed by atoms with van der Waals surface area (Å²) in [5, 5.41) is 12.9. The van der Waals surface area contributed by atoms with Gasteiger partial charge in [-0.1, -0.05) is 25.1 Å². The third-order valence-corrected chi connectivity index (χ3v) is 2.35. The lowest BCUT2D eigenvalue weighted by molar-refractivity contribution is 0.460. The minimum absolute atomic E-state index is 0.0929. The van der Waals surface area contributed by atoms with Gasteiger partial charge in [0.15, 0.2) is 5.69 Å². The number of nitrogens with one attached hydrogen (secondary N) is 1. The zero-order chi connectivity index (χ0) is 10.1.